The zero-order chi connectivity index (χ0) is 13.1. The Balaban J connectivity index is 1.77. The minimum atomic E-state index is -2.47. The first kappa shape index (κ1) is 12.7. The van der Waals surface area contributed by atoms with Crippen molar-refractivity contribution in [3.8, 4) is 5.88 Å². The summed E-state index contributed by atoms with van der Waals surface area (Å²) in [4.78, 5) is 10.6. The second kappa shape index (κ2) is 5.30. The number of carbonyl (C=O) groups is 1. The number of fused-ring (bicyclic) bond motifs is 1. The molecule has 1 aliphatic rings. The van der Waals surface area contributed by atoms with Gasteiger partial charge in [0.05, 0.1) is 13.2 Å². The molecule has 1 N–H and O–H groups in total. The lowest BCUT2D eigenvalue weighted by Gasteiger charge is -2.09. The summed E-state index contributed by atoms with van der Waals surface area (Å²) in [7, 11) is 0. The van der Waals surface area contributed by atoms with Crippen LogP contribution in [0.3, 0.4) is 0 Å². The van der Waals surface area contributed by atoms with Crippen molar-refractivity contribution in [1.29, 1.82) is 0 Å². The fourth-order valence-electron chi connectivity index (χ4n) is 1.67. The SMILES string of the molecule is O=C(O)c1cc2n(n1)CC(CCOCC(F)F)O2. The Bertz CT molecular complexity index is 412. The first-order valence-electron chi connectivity index (χ1n) is 5.40. The van der Waals surface area contributed by atoms with E-state index in [1.165, 1.54) is 10.7 Å². The number of hydrogen-bond acceptors (Lipinski definition) is 4. The minimum absolute atomic E-state index is 0.0719. The molecule has 0 radical (unpaired) electrons. The number of ether oxygens (including phenoxy) is 2. The summed E-state index contributed by atoms with van der Waals surface area (Å²) in [6, 6.07) is 1.34. The second-order valence-electron chi connectivity index (χ2n) is 3.85. The molecule has 0 fully saturated rings. The van der Waals surface area contributed by atoms with Crippen LogP contribution in [-0.2, 0) is 11.3 Å². The smallest absolute Gasteiger partial charge is 0.356 e. The molecule has 0 aromatic carbocycles. The Morgan fingerprint density at radius 3 is 3.11 bits per heavy atom. The topological polar surface area (TPSA) is 73.6 Å². The van der Waals surface area contributed by atoms with Crippen LogP contribution in [0.25, 0.3) is 0 Å². The van der Waals surface area contributed by atoms with Crippen molar-refractivity contribution in [2.45, 2.75) is 25.5 Å². The summed E-state index contributed by atoms with van der Waals surface area (Å²) in [5, 5.41) is 12.5. The molecule has 18 heavy (non-hydrogen) atoms. The van der Waals surface area contributed by atoms with Gasteiger partial charge in [-0.3, -0.25) is 0 Å². The molecule has 0 amide bonds. The van der Waals surface area contributed by atoms with E-state index in [1.54, 1.807) is 0 Å². The van der Waals surface area contributed by atoms with Gasteiger partial charge in [0, 0.05) is 12.5 Å². The molecule has 1 unspecified atom stereocenters. The van der Waals surface area contributed by atoms with Crippen molar-refractivity contribution in [3.05, 3.63) is 11.8 Å². The molecule has 1 aliphatic heterocycles. The standard InChI is InChI=1S/C10H12F2N2O4/c11-8(12)5-17-2-1-6-4-14-9(18-6)3-7(13-14)10(15)16/h3,6,8H,1-2,4-5H2,(H,15,16). The zero-order valence-electron chi connectivity index (χ0n) is 9.38. The first-order valence-corrected chi connectivity index (χ1v) is 5.40. The molecule has 1 aromatic rings. The summed E-state index contributed by atoms with van der Waals surface area (Å²) < 4.78 is 35.2. The molecule has 0 saturated carbocycles. The third-order valence-corrected chi connectivity index (χ3v) is 2.45. The highest BCUT2D eigenvalue weighted by Crippen LogP contribution is 2.24. The van der Waals surface area contributed by atoms with Gasteiger partial charge in [-0.05, 0) is 0 Å². The van der Waals surface area contributed by atoms with E-state index in [2.05, 4.69) is 5.10 Å². The maximum Gasteiger partial charge on any atom is 0.356 e. The Hall–Kier alpha value is -1.70. The Morgan fingerprint density at radius 2 is 2.50 bits per heavy atom. The van der Waals surface area contributed by atoms with Crippen LogP contribution in [-0.4, -0.2) is 46.6 Å². The van der Waals surface area contributed by atoms with Crippen molar-refractivity contribution < 1.29 is 28.2 Å². The predicted octanol–water partition coefficient (Wildman–Crippen LogP) is 1.01. The molecular formula is C10H12F2N2O4. The fraction of sp³-hybridized carbons (Fsp3) is 0.600. The molecule has 0 aliphatic carbocycles. The lowest BCUT2D eigenvalue weighted by Crippen LogP contribution is -2.19. The average molecular weight is 262 g/mol. The van der Waals surface area contributed by atoms with Gasteiger partial charge in [0.15, 0.2) is 5.69 Å². The third kappa shape index (κ3) is 2.95. The highest BCUT2D eigenvalue weighted by Gasteiger charge is 2.26. The van der Waals surface area contributed by atoms with Gasteiger partial charge in [0.2, 0.25) is 5.88 Å². The fourth-order valence-corrected chi connectivity index (χ4v) is 1.67. The lowest BCUT2D eigenvalue weighted by atomic mass is 10.3. The second-order valence-corrected chi connectivity index (χ2v) is 3.85. The van der Waals surface area contributed by atoms with Crippen molar-refractivity contribution in [1.82, 2.24) is 9.78 Å². The van der Waals surface area contributed by atoms with Gasteiger partial charge >= 0.3 is 5.97 Å². The summed E-state index contributed by atoms with van der Waals surface area (Å²) in [6.07, 6.45) is -2.23. The van der Waals surface area contributed by atoms with Crippen LogP contribution in [0.15, 0.2) is 6.07 Å². The third-order valence-electron chi connectivity index (χ3n) is 2.45. The molecule has 100 valence electrons. The van der Waals surface area contributed by atoms with Crippen molar-refractivity contribution >= 4 is 5.97 Å². The molecule has 2 heterocycles. The van der Waals surface area contributed by atoms with Crippen LogP contribution < -0.4 is 4.74 Å². The minimum Gasteiger partial charge on any atom is -0.476 e. The van der Waals surface area contributed by atoms with Crippen LogP contribution in [0.4, 0.5) is 8.78 Å². The van der Waals surface area contributed by atoms with Crippen LogP contribution >= 0.6 is 0 Å². The van der Waals surface area contributed by atoms with Gasteiger partial charge in [-0.1, -0.05) is 0 Å². The van der Waals surface area contributed by atoms with Gasteiger partial charge in [0.1, 0.15) is 12.7 Å². The molecule has 0 spiro atoms. The number of carboxylic acids is 1. The lowest BCUT2D eigenvalue weighted by molar-refractivity contribution is 0.00869. The Morgan fingerprint density at radius 1 is 1.72 bits per heavy atom. The van der Waals surface area contributed by atoms with Gasteiger partial charge in [-0.25, -0.2) is 18.3 Å². The molecule has 6 nitrogen and oxygen atoms in total. The van der Waals surface area contributed by atoms with E-state index < -0.39 is 19.0 Å². The van der Waals surface area contributed by atoms with Gasteiger partial charge < -0.3 is 14.6 Å². The number of hydrogen-bond donors (Lipinski definition) is 1. The van der Waals surface area contributed by atoms with E-state index in [0.717, 1.165) is 0 Å². The van der Waals surface area contributed by atoms with Crippen LogP contribution in [0.2, 0.25) is 0 Å². The summed E-state index contributed by atoms with van der Waals surface area (Å²) in [6.45, 7) is -0.00722. The summed E-state index contributed by atoms with van der Waals surface area (Å²) in [5.74, 6) is -0.733. The summed E-state index contributed by atoms with van der Waals surface area (Å²) >= 11 is 0. The van der Waals surface area contributed by atoms with Crippen molar-refractivity contribution in [2.24, 2.45) is 0 Å². The molecule has 8 heteroatoms. The molecular weight excluding hydrogens is 250 g/mol. The van der Waals surface area contributed by atoms with E-state index in [9.17, 15) is 13.6 Å². The predicted molar refractivity (Wildman–Crippen MR) is 55.0 cm³/mol. The Labute approximate surface area is 101 Å². The monoisotopic (exact) mass is 262 g/mol. The van der Waals surface area contributed by atoms with Crippen molar-refractivity contribution in [2.75, 3.05) is 13.2 Å². The largest absolute Gasteiger partial charge is 0.476 e. The van der Waals surface area contributed by atoms with Crippen LogP contribution in [0.5, 0.6) is 5.88 Å². The van der Waals surface area contributed by atoms with E-state index in [1.807, 2.05) is 0 Å². The van der Waals surface area contributed by atoms with Crippen LogP contribution in [0.1, 0.15) is 16.9 Å². The van der Waals surface area contributed by atoms with Crippen LogP contribution in [0, 0.1) is 0 Å². The van der Waals surface area contributed by atoms with Gasteiger partial charge in [-0.15, -0.1) is 0 Å². The van der Waals surface area contributed by atoms with Gasteiger partial charge in [0.25, 0.3) is 6.43 Å². The quantitative estimate of drug-likeness (QED) is 0.775. The molecule has 1 aromatic heterocycles. The molecule has 2 rings (SSSR count). The first-order chi connectivity index (χ1) is 8.56. The highest BCUT2D eigenvalue weighted by atomic mass is 19.3. The highest BCUT2D eigenvalue weighted by molar-refractivity contribution is 5.85. The van der Waals surface area contributed by atoms with E-state index in [0.29, 0.717) is 18.8 Å². The molecule has 0 bridgehead atoms. The number of halogens is 2. The van der Waals surface area contributed by atoms with Gasteiger partial charge in [-0.2, -0.15) is 5.10 Å². The molecule has 0 saturated heterocycles. The number of aromatic nitrogens is 2. The Kier molecular flexibility index (Phi) is 3.75. The number of alkyl halides is 2. The number of aromatic carboxylic acids is 1. The van der Waals surface area contributed by atoms with E-state index >= 15 is 0 Å². The number of nitrogens with zero attached hydrogens (tertiary/aromatic N) is 2. The average Bonchev–Trinajstić information content (AvgIpc) is 2.81. The molecule has 1 atom stereocenters. The normalized spacial score (nSPS) is 17.8. The number of rotatable bonds is 6. The zero-order valence-corrected chi connectivity index (χ0v) is 9.38. The maximum atomic E-state index is 11.8. The maximum absolute atomic E-state index is 11.8. The van der Waals surface area contributed by atoms with E-state index in [-0.39, 0.29) is 18.4 Å². The number of carboxylic acid groups (broad SMARTS) is 1. The summed E-state index contributed by atoms with van der Waals surface area (Å²) in [5.41, 5.74) is -0.0719. The van der Waals surface area contributed by atoms with E-state index in [4.69, 9.17) is 14.6 Å². The van der Waals surface area contributed by atoms with Crippen molar-refractivity contribution in [3.63, 3.8) is 0 Å².